The van der Waals surface area contributed by atoms with Gasteiger partial charge in [-0.2, -0.15) is 0 Å². The van der Waals surface area contributed by atoms with Gasteiger partial charge in [0.15, 0.2) is 4.34 Å². The fourth-order valence-electron chi connectivity index (χ4n) is 1.13. The van der Waals surface area contributed by atoms with Gasteiger partial charge in [-0.05, 0) is 28.1 Å². The highest BCUT2D eigenvalue weighted by Crippen LogP contribution is 2.28. The summed E-state index contributed by atoms with van der Waals surface area (Å²) in [7, 11) is 0. The Morgan fingerprint density at radius 3 is 2.87 bits per heavy atom. The average Bonchev–Trinajstić information content (AvgIpc) is 2.83. The van der Waals surface area contributed by atoms with Gasteiger partial charge in [-0.15, -0.1) is 11.3 Å². The molecule has 2 aromatic heterocycles. The van der Waals surface area contributed by atoms with Crippen molar-refractivity contribution < 1.29 is 4.42 Å². The summed E-state index contributed by atoms with van der Waals surface area (Å²) >= 11 is 6.68. The standard InChI is InChI=1S/C10H10BrNOS2/c1-2-7-3-4-8(13-7)5-14-10-12-9(11)6-15-10/h3-4,6H,2,5H2,1H3. The first-order chi connectivity index (χ1) is 7.28. The van der Waals surface area contributed by atoms with Gasteiger partial charge in [0.25, 0.3) is 0 Å². The minimum atomic E-state index is 0.847. The summed E-state index contributed by atoms with van der Waals surface area (Å²) in [6.07, 6.45) is 0.952. The van der Waals surface area contributed by atoms with E-state index in [1.54, 1.807) is 23.1 Å². The molecule has 2 rings (SSSR count). The lowest BCUT2D eigenvalue weighted by Gasteiger charge is -1.93. The van der Waals surface area contributed by atoms with Crippen LogP contribution in [0.4, 0.5) is 0 Å². The molecule has 0 amide bonds. The van der Waals surface area contributed by atoms with Gasteiger partial charge in [0, 0.05) is 11.8 Å². The number of nitrogens with zero attached hydrogens (tertiary/aromatic N) is 1. The Kier molecular flexibility index (Phi) is 3.88. The van der Waals surface area contributed by atoms with E-state index in [0.717, 1.165) is 32.6 Å². The molecule has 0 aliphatic rings. The van der Waals surface area contributed by atoms with E-state index in [9.17, 15) is 0 Å². The molecule has 2 heterocycles. The fourth-order valence-corrected chi connectivity index (χ4v) is 3.40. The molecule has 0 spiro atoms. The smallest absolute Gasteiger partial charge is 0.151 e. The Morgan fingerprint density at radius 2 is 2.27 bits per heavy atom. The molecule has 0 aliphatic carbocycles. The summed E-state index contributed by atoms with van der Waals surface area (Å²) in [5, 5.41) is 1.99. The van der Waals surface area contributed by atoms with Crippen molar-refractivity contribution in [1.29, 1.82) is 0 Å². The van der Waals surface area contributed by atoms with Crippen LogP contribution in [0.1, 0.15) is 18.4 Å². The normalized spacial score (nSPS) is 10.8. The van der Waals surface area contributed by atoms with Crippen LogP contribution in [0.25, 0.3) is 0 Å². The Balaban J connectivity index is 1.93. The van der Waals surface area contributed by atoms with E-state index in [2.05, 4.69) is 27.8 Å². The van der Waals surface area contributed by atoms with E-state index < -0.39 is 0 Å². The highest BCUT2D eigenvalue weighted by molar-refractivity contribution is 9.10. The second kappa shape index (κ2) is 5.18. The zero-order valence-electron chi connectivity index (χ0n) is 8.20. The Bertz CT molecular complexity index is 438. The van der Waals surface area contributed by atoms with E-state index in [1.165, 1.54) is 0 Å². The van der Waals surface area contributed by atoms with Crippen LogP contribution in [0, 0.1) is 0 Å². The van der Waals surface area contributed by atoms with Gasteiger partial charge in [-0.3, -0.25) is 0 Å². The number of furan rings is 1. The third kappa shape index (κ3) is 3.09. The van der Waals surface area contributed by atoms with E-state index in [0.29, 0.717) is 0 Å². The quantitative estimate of drug-likeness (QED) is 0.785. The molecule has 0 aromatic carbocycles. The molecule has 80 valence electrons. The Hall–Kier alpha value is -0.260. The number of halogens is 1. The van der Waals surface area contributed by atoms with Crippen LogP contribution < -0.4 is 0 Å². The average molecular weight is 304 g/mol. The topological polar surface area (TPSA) is 26.0 Å². The molecule has 0 aliphatic heterocycles. The number of rotatable bonds is 4. The molecule has 0 bridgehead atoms. The van der Waals surface area contributed by atoms with Crippen LogP contribution in [0.3, 0.4) is 0 Å². The molecule has 0 atom stereocenters. The molecule has 0 unspecified atom stereocenters. The third-order valence-corrected chi connectivity index (χ3v) is 4.61. The second-order valence-corrected chi connectivity index (χ2v) is 5.84. The van der Waals surface area contributed by atoms with Crippen molar-refractivity contribution in [2.75, 3.05) is 0 Å². The van der Waals surface area contributed by atoms with E-state index in [1.807, 2.05) is 17.5 Å². The lowest BCUT2D eigenvalue weighted by atomic mass is 10.4. The van der Waals surface area contributed by atoms with Crippen molar-refractivity contribution in [2.45, 2.75) is 23.4 Å². The van der Waals surface area contributed by atoms with E-state index in [-0.39, 0.29) is 0 Å². The largest absolute Gasteiger partial charge is 0.465 e. The van der Waals surface area contributed by atoms with E-state index >= 15 is 0 Å². The van der Waals surface area contributed by atoms with Gasteiger partial charge in [-0.25, -0.2) is 4.98 Å². The summed E-state index contributed by atoms with van der Waals surface area (Å²) in [5.41, 5.74) is 0. The number of thiazole rings is 1. The number of aromatic nitrogens is 1. The summed E-state index contributed by atoms with van der Waals surface area (Å²) < 4.78 is 7.58. The van der Waals surface area contributed by atoms with Crippen LogP contribution >= 0.6 is 39.0 Å². The van der Waals surface area contributed by atoms with Gasteiger partial charge < -0.3 is 4.42 Å². The van der Waals surface area contributed by atoms with Gasteiger partial charge in [0.1, 0.15) is 16.1 Å². The Morgan fingerprint density at radius 1 is 1.47 bits per heavy atom. The maximum Gasteiger partial charge on any atom is 0.151 e. The molecule has 15 heavy (non-hydrogen) atoms. The lowest BCUT2D eigenvalue weighted by Crippen LogP contribution is -1.75. The number of thioether (sulfide) groups is 1. The molecule has 0 saturated heterocycles. The van der Waals surface area contributed by atoms with Crippen LogP contribution in [0.5, 0.6) is 0 Å². The van der Waals surface area contributed by atoms with Crippen LogP contribution in [-0.2, 0) is 12.2 Å². The molecule has 0 radical (unpaired) electrons. The molecule has 0 saturated carbocycles. The summed E-state index contributed by atoms with van der Waals surface area (Å²) in [4.78, 5) is 4.31. The minimum Gasteiger partial charge on any atom is -0.465 e. The van der Waals surface area contributed by atoms with Crippen LogP contribution in [-0.4, -0.2) is 4.98 Å². The predicted octanol–water partition coefficient (Wildman–Crippen LogP) is 4.35. The fraction of sp³-hybridized carbons (Fsp3) is 0.300. The Labute approximate surface area is 105 Å². The zero-order chi connectivity index (χ0) is 10.7. The predicted molar refractivity (Wildman–Crippen MR) is 67.5 cm³/mol. The maximum absolute atomic E-state index is 5.61. The van der Waals surface area contributed by atoms with Gasteiger partial charge >= 0.3 is 0 Å². The monoisotopic (exact) mass is 303 g/mol. The summed E-state index contributed by atoms with van der Waals surface area (Å²) in [5.74, 6) is 2.91. The van der Waals surface area contributed by atoms with Gasteiger partial charge in [0.2, 0.25) is 0 Å². The summed E-state index contributed by atoms with van der Waals surface area (Å²) in [6, 6.07) is 4.07. The minimum absolute atomic E-state index is 0.847. The van der Waals surface area contributed by atoms with Gasteiger partial charge in [0.05, 0.1) is 5.75 Å². The molecule has 0 N–H and O–H groups in total. The van der Waals surface area contributed by atoms with Crippen LogP contribution in [0.15, 0.2) is 30.9 Å². The zero-order valence-corrected chi connectivity index (χ0v) is 11.4. The highest BCUT2D eigenvalue weighted by Gasteiger charge is 2.04. The number of hydrogen-bond acceptors (Lipinski definition) is 4. The third-order valence-electron chi connectivity index (χ3n) is 1.86. The van der Waals surface area contributed by atoms with Crippen molar-refractivity contribution in [3.8, 4) is 0 Å². The van der Waals surface area contributed by atoms with Gasteiger partial charge in [-0.1, -0.05) is 18.7 Å². The lowest BCUT2D eigenvalue weighted by molar-refractivity contribution is 0.485. The van der Waals surface area contributed by atoms with Crippen molar-refractivity contribution in [3.63, 3.8) is 0 Å². The SMILES string of the molecule is CCc1ccc(CSc2nc(Br)cs2)o1. The van der Waals surface area contributed by atoms with Crippen LogP contribution in [0.2, 0.25) is 0 Å². The first-order valence-corrected chi connectivity index (χ1v) is 7.25. The number of hydrogen-bond donors (Lipinski definition) is 0. The maximum atomic E-state index is 5.61. The first-order valence-electron chi connectivity index (χ1n) is 4.59. The summed E-state index contributed by atoms with van der Waals surface area (Å²) in [6.45, 7) is 2.09. The second-order valence-electron chi connectivity index (χ2n) is 2.95. The molecule has 0 fully saturated rings. The molecule has 5 heteroatoms. The van der Waals surface area contributed by atoms with Crippen molar-refractivity contribution >= 4 is 39.0 Å². The van der Waals surface area contributed by atoms with Crippen molar-refractivity contribution in [1.82, 2.24) is 4.98 Å². The molecular formula is C10H10BrNOS2. The molecular weight excluding hydrogens is 294 g/mol. The van der Waals surface area contributed by atoms with Crippen molar-refractivity contribution in [2.24, 2.45) is 0 Å². The van der Waals surface area contributed by atoms with E-state index in [4.69, 9.17) is 4.42 Å². The highest BCUT2D eigenvalue weighted by atomic mass is 79.9. The molecule has 2 aromatic rings. The first kappa shape index (κ1) is 11.2. The number of aryl methyl sites for hydroxylation is 1. The molecule has 2 nitrogen and oxygen atoms in total. The van der Waals surface area contributed by atoms with Crippen molar-refractivity contribution in [3.05, 3.63) is 33.6 Å².